The van der Waals surface area contributed by atoms with Gasteiger partial charge in [0.2, 0.25) is 5.76 Å². The summed E-state index contributed by atoms with van der Waals surface area (Å²) in [5.41, 5.74) is 0.796. The maximum absolute atomic E-state index is 13.0. The van der Waals surface area contributed by atoms with E-state index in [0.29, 0.717) is 24.9 Å². The SMILES string of the molecule is COc1ccc2sc(N(CC3CCCO3)C(=O)C3=COCCO3)nc2c1. The van der Waals surface area contributed by atoms with Crippen LogP contribution in [0.3, 0.4) is 0 Å². The van der Waals surface area contributed by atoms with Crippen LogP contribution in [-0.4, -0.2) is 50.5 Å². The molecule has 1 atom stereocenters. The summed E-state index contributed by atoms with van der Waals surface area (Å²) >= 11 is 1.46. The molecule has 138 valence electrons. The van der Waals surface area contributed by atoms with Crippen LogP contribution in [-0.2, 0) is 19.0 Å². The van der Waals surface area contributed by atoms with Crippen molar-refractivity contribution in [2.75, 3.05) is 38.4 Å². The van der Waals surface area contributed by atoms with E-state index in [4.69, 9.17) is 18.9 Å². The first-order valence-electron chi connectivity index (χ1n) is 8.57. The summed E-state index contributed by atoms with van der Waals surface area (Å²) in [7, 11) is 1.62. The van der Waals surface area contributed by atoms with Gasteiger partial charge in [0.05, 0.1) is 30.0 Å². The Morgan fingerprint density at radius 3 is 3.04 bits per heavy atom. The molecule has 2 aromatic rings. The van der Waals surface area contributed by atoms with Gasteiger partial charge in [-0.15, -0.1) is 0 Å². The van der Waals surface area contributed by atoms with Gasteiger partial charge in [0, 0.05) is 12.7 Å². The van der Waals surface area contributed by atoms with Crippen molar-refractivity contribution in [2.24, 2.45) is 0 Å². The molecule has 26 heavy (non-hydrogen) atoms. The van der Waals surface area contributed by atoms with E-state index in [-0.39, 0.29) is 17.8 Å². The molecule has 1 amide bonds. The molecule has 4 rings (SSSR count). The maximum atomic E-state index is 13.0. The Hall–Kier alpha value is -2.32. The smallest absolute Gasteiger partial charge is 0.298 e. The Morgan fingerprint density at radius 1 is 1.38 bits per heavy atom. The summed E-state index contributed by atoms with van der Waals surface area (Å²) in [5, 5.41) is 0.615. The molecule has 0 bridgehead atoms. The lowest BCUT2D eigenvalue weighted by atomic mass is 10.2. The summed E-state index contributed by atoms with van der Waals surface area (Å²) in [6, 6.07) is 5.70. The number of ether oxygens (including phenoxy) is 4. The van der Waals surface area contributed by atoms with E-state index in [1.54, 1.807) is 12.0 Å². The van der Waals surface area contributed by atoms with E-state index in [1.165, 1.54) is 17.6 Å². The molecule has 2 aliphatic heterocycles. The zero-order valence-corrected chi connectivity index (χ0v) is 15.3. The van der Waals surface area contributed by atoms with E-state index >= 15 is 0 Å². The third-order valence-corrected chi connectivity index (χ3v) is 5.39. The van der Waals surface area contributed by atoms with Crippen LogP contribution in [0.1, 0.15) is 12.8 Å². The molecule has 0 N–H and O–H groups in total. The lowest BCUT2D eigenvalue weighted by Crippen LogP contribution is -2.39. The standard InChI is InChI=1S/C18H20N2O5S/c1-22-12-4-5-16-14(9-12)19-18(26-16)20(10-13-3-2-6-24-13)17(21)15-11-23-7-8-25-15/h4-5,9,11,13H,2-3,6-8,10H2,1H3. The van der Waals surface area contributed by atoms with Crippen LogP contribution in [0, 0.1) is 0 Å². The average Bonchev–Trinajstić information content (AvgIpc) is 3.34. The van der Waals surface area contributed by atoms with Crippen molar-refractivity contribution in [3.05, 3.63) is 30.2 Å². The highest BCUT2D eigenvalue weighted by atomic mass is 32.1. The second-order valence-corrected chi connectivity index (χ2v) is 7.09. The monoisotopic (exact) mass is 376 g/mol. The third-order valence-electron chi connectivity index (χ3n) is 4.33. The molecule has 8 heteroatoms. The number of nitrogens with zero attached hydrogens (tertiary/aromatic N) is 2. The normalized spacial score (nSPS) is 19.6. The Morgan fingerprint density at radius 2 is 2.31 bits per heavy atom. The first-order chi connectivity index (χ1) is 12.7. The van der Waals surface area contributed by atoms with Gasteiger partial charge in [0.1, 0.15) is 25.2 Å². The predicted octanol–water partition coefficient (Wildman–Crippen LogP) is 2.71. The van der Waals surface area contributed by atoms with Gasteiger partial charge in [-0.3, -0.25) is 9.69 Å². The fourth-order valence-corrected chi connectivity index (χ4v) is 3.94. The molecule has 1 unspecified atom stereocenters. The van der Waals surface area contributed by atoms with Crippen molar-refractivity contribution in [1.82, 2.24) is 4.98 Å². The molecular formula is C18H20N2O5S. The van der Waals surface area contributed by atoms with Gasteiger partial charge in [-0.25, -0.2) is 4.98 Å². The zero-order chi connectivity index (χ0) is 17.9. The van der Waals surface area contributed by atoms with Gasteiger partial charge < -0.3 is 18.9 Å². The van der Waals surface area contributed by atoms with E-state index in [2.05, 4.69) is 4.98 Å². The average molecular weight is 376 g/mol. The van der Waals surface area contributed by atoms with Crippen LogP contribution in [0.5, 0.6) is 5.75 Å². The largest absolute Gasteiger partial charge is 0.497 e. The number of anilines is 1. The van der Waals surface area contributed by atoms with Gasteiger partial charge >= 0.3 is 0 Å². The van der Waals surface area contributed by atoms with Gasteiger partial charge in [-0.05, 0) is 25.0 Å². The first-order valence-corrected chi connectivity index (χ1v) is 9.39. The predicted molar refractivity (Wildman–Crippen MR) is 97.5 cm³/mol. The highest BCUT2D eigenvalue weighted by Gasteiger charge is 2.30. The van der Waals surface area contributed by atoms with Crippen molar-refractivity contribution in [3.63, 3.8) is 0 Å². The van der Waals surface area contributed by atoms with Crippen LogP contribution in [0.2, 0.25) is 0 Å². The Bertz CT molecular complexity index is 828. The molecule has 1 aromatic carbocycles. The number of methoxy groups -OCH3 is 1. The third kappa shape index (κ3) is 3.47. The summed E-state index contributed by atoms with van der Waals surface area (Å²) in [6.45, 7) is 1.98. The highest BCUT2D eigenvalue weighted by Crippen LogP contribution is 2.33. The van der Waals surface area contributed by atoms with E-state index in [1.807, 2.05) is 18.2 Å². The molecule has 3 heterocycles. The second-order valence-electron chi connectivity index (χ2n) is 6.08. The molecule has 1 aromatic heterocycles. The van der Waals surface area contributed by atoms with Crippen LogP contribution in [0.4, 0.5) is 5.13 Å². The molecule has 0 radical (unpaired) electrons. The van der Waals surface area contributed by atoms with Gasteiger partial charge in [0.25, 0.3) is 5.91 Å². The van der Waals surface area contributed by atoms with Gasteiger partial charge in [0.15, 0.2) is 5.13 Å². The van der Waals surface area contributed by atoms with Crippen LogP contribution < -0.4 is 9.64 Å². The number of aromatic nitrogens is 1. The van der Waals surface area contributed by atoms with E-state index in [0.717, 1.165) is 35.4 Å². The van der Waals surface area contributed by atoms with Crippen molar-refractivity contribution in [3.8, 4) is 5.75 Å². The van der Waals surface area contributed by atoms with Crippen molar-refractivity contribution in [2.45, 2.75) is 18.9 Å². The van der Waals surface area contributed by atoms with Crippen LogP contribution >= 0.6 is 11.3 Å². The van der Waals surface area contributed by atoms with Crippen molar-refractivity contribution in [1.29, 1.82) is 0 Å². The summed E-state index contributed by atoms with van der Waals surface area (Å²) < 4.78 is 22.7. The number of hydrogen-bond acceptors (Lipinski definition) is 7. The number of thiazole rings is 1. The molecule has 1 fully saturated rings. The lowest BCUT2D eigenvalue weighted by molar-refractivity contribution is -0.120. The number of benzene rings is 1. The number of fused-ring (bicyclic) bond motifs is 1. The highest BCUT2D eigenvalue weighted by molar-refractivity contribution is 7.22. The van der Waals surface area contributed by atoms with Crippen molar-refractivity contribution >= 4 is 32.6 Å². The first kappa shape index (κ1) is 17.1. The number of carbonyl (C=O) groups is 1. The summed E-state index contributed by atoms with van der Waals surface area (Å²) in [6.07, 6.45) is 3.32. The van der Waals surface area contributed by atoms with E-state index < -0.39 is 0 Å². The summed E-state index contributed by atoms with van der Waals surface area (Å²) in [4.78, 5) is 19.3. The van der Waals surface area contributed by atoms with E-state index in [9.17, 15) is 4.79 Å². The minimum Gasteiger partial charge on any atom is -0.497 e. The second kappa shape index (κ2) is 7.51. The van der Waals surface area contributed by atoms with Crippen LogP contribution in [0.15, 0.2) is 30.2 Å². The molecule has 0 saturated carbocycles. The topological polar surface area (TPSA) is 70.1 Å². The maximum Gasteiger partial charge on any atom is 0.298 e. The molecule has 2 aliphatic rings. The number of amides is 1. The van der Waals surface area contributed by atoms with Crippen LogP contribution in [0.25, 0.3) is 10.2 Å². The molecule has 0 aliphatic carbocycles. The Kier molecular flexibility index (Phi) is 4.94. The fourth-order valence-electron chi connectivity index (χ4n) is 2.99. The zero-order valence-electron chi connectivity index (χ0n) is 14.5. The number of carbonyl (C=O) groups excluding carboxylic acids is 1. The summed E-state index contributed by atoms with van der Waals surface area (Å²) in [5.74, 6) is 0.676. The van der Waals surface area contributed by atoms with Crippen molar-refractivity contribution < 1.29 is 23.7 Å². The number of rotatable bonds is 5. The minimum absolute atomic E-state index is 0.00519. The minimum atomic E-state index is -0.258. The lowest BCUT2D eigenvalue weighted by Gasteiger charge is -2.25. The van der Waals surface area contributed by atoms with Gasteiger partial charge in [-0.2, -0.15) is 0 Å². The number of hydrogen-bond donors (Lipinski definition) is 0. The Balaban J connectivity index is 1.66. The molecule has 1 saturated heterocycles. The van der Waals surface area contributed by atoms with Gasteiger partial charge in [-0.1, -0.05) is 11.3 Å². The molecule has 7 nitrogen and oxygen atoms in total. The Labute approximate surface area is 155 Å². The molecule has 0 spiro atoms. The quantitative estimate of drug-likeness (QED) is 0.799. The molecular weight excluding hydrogens is 356 g/mol. The fraction of sp³-hybridized carbons (Fsp3) is 0.444.